The summed E-state index contributed by atoms with van der Waals surface area (Å²) in [7, 11) is 0. The molecule has 0 atom stereocenters. The van der Waals surface area contributed by atoms with Crippen LogP contribution in [0.4, 0.5) is 0 Å². The lowest BCUT2D eigenvalue weighted by Crippen LogP contribution is -2.22. The lowest BCUT2D eigenvalue weighted by Gasteiger charge is -2.11. The highest BCUT2D eigenvalue weighted by molar-refractivity contribution is 7.99. The standard InChI is InChI=1S/C18H15N3OS/c1-3-4-11-23-18-20-15-8-6-5-7-14(15)17(22)21(18)16-12-13(2)9-10-19-16/h5-10,12H,11H2,1-2H3. The number of para-hydroxylation sites is 1. The second kappa shape index (κ2) is 6.67. The molecule has 0 spiro atoms. The summed E-state index contributed by atoms with van der Waals surface area (Å²) in [4.78, 5) is 21.9. The number of benzene rings is 1. The van der Waals surface area contributed by atoms with Gasteiger partial charge in [-0.15, -0.1) is 5.92 Å². The van der Waals surface area contributed by atoms with Crippen molar-refractivity contribution in [3.8, 4) is 17.7 Å². The molecule has 0 bridgehead atoms. The molecule has 0 aliphatic rings. The van der Waals surface area contributed by atoms with Crippen LogP contribution in [-0.2, 0) is 0 Å². The normalized spacial score (nSPS) is 10.3. The van der Waals surface area contributed by atoms with Crippen LogP contribution in [0.2, 0.25) is 0 Å². The first kappa shape index (κ1) is 15.3. The summed E-state index contributed by atoms with van der Waals surface area (Å²) in [6.07, 6.45) is 1.70. The average molecular weight is 321 g/mol. The average Bonchev–Trinajstić information content (AvgIpc) is 2.55. The largest absolute Gasteiger partial charge is 0.268 e. The lowest BCUT2D eigenvalue weighted by molar-refractivity contribution is 0.795. The Morgan fingerprint density at radius 1 is 1.26 bits per heavy atom. The third-order valence-electron chi connectivity index (χ3n) is 3.33. The zero-order valence-electron chi connectivity index (χ0n) is 12.9. The summed E-state index contributed by atoms with van der Waals surface area (Å²) < 4.78 is 1.57. The Morgan fingerprint density at radius 3 is 2.87 bits per heavy atom. The first-order valence-electron chi connectivity index (χ1n) is 7.18. The zero-order valence-corrected chi connectivity index (χ0v) is 13.7. The predicted octanol–water partition coefficient (Wildman–Crippen LogP) is 3.20. The van der Waals surface area contributed by atoms with E-state index < -0.39 is 0 Å². The molecule has 0 saturated heterocycles. The van der Waals surface area contributed by atoms with Crippen LogP contribution >= 0.6 is 11.8 Å². The van der Waals surface area contributed by atoms with Gasteiger partial charge in [-0.1, -0.05) is 29.8 Å². The second-order valence-electron chi connectivity index (χ2n) is 4.96. The van der Waals surface area contributed by atoms with Crippen LogP contribution in [0.1, 0.15) is 12.5 Å². The number of pyridine rings is 1. The number of rotatable bonds is 3. The molecule has 0 aliphatic carbocycles. The van der Waals surface area contributed by atoms with E-state index in [2.05, 4.69) is 21.8 Å². The van der Waals surface area contributed by atoms with Crippen molar-refractivity contribution in [1.29, 1.82) is 0 Å². The molecule has 2 aromatic heterocycles. The van der Waals surface area contributed by atoms with Crippen molar-refractivity contribution in [2.24, 2.45) is 0 Å². The SMILES string of the molecule is CC#CCSc1nc2ccccc2c(=O)n1-c1cc(C)ccn1. The van der Waals surface area contributed by atoms with Crippen LogP contribution in [0, 0.1) is 18.8 Å². The highest BCUT2D eigenvalue weighted by Crippen LogP contribution is 2.20. The van der Waals surface area contributed by atoms with Crippen molar-refractivity contribution in [2.75, 3.05) is 5.75 Å². The lowest BCUT2D eigenvalue weighted by atomic mass is 10.2. The summed E-state index contributed by atoms with van der Waals surface area (Å²) in [5.41, 5.74) is 1.62. The Hall–Kier alpha value is -2.58. The Kier molecular flexibility index (Phi) is 4.45. The molecule has 114 valence electrons. The highest BCUT2D eigenvalue weighted by Gasteiger charge is 2.13. The molecule has 3 rings (SSSR count). The third kappa shape index (κ3) is 3.13. The maximum Gasteiger partial charge on any atom is 0.267 e. The summed E-state index contributed by atoms with van der Waals surface area (Å²) >= 11 is 1.44. The van der Waals surface area contributed by atoms with Crippen molar-refractivity contribution in [1.82, 2.24) is 14.5 Å². The van der Waals surface area contributed by atoms with Crippen molar-refractivity contribution in [3.05, 3.63) is 58.5 Å². The van der Waals surface area contributed by atoms with E-state index in [9.17, 15) is 4.79 Å². The Morgan fingerprint density at radius 2 is 2.09 bits per heavy atom. The molecule has 4 nitrogen and oxygen atoms in total. The van der Waals surface area contributed by atoms with Crippen LogP contribution in [0.3, 0.4) is 0 Å². The monoisotopic (exact) mass is 321 g/mol. The Balaban J connectivity index is 2.27. The van der Waals surface area contributed by atoms with Gasteiger partial charge in [-0.25, -0.2) is 14.5 Å². The quantitative estimate of drug-likeness (QED) is 0.422. The van der Waals surface area contributed by atoms with Crippen molar-refractivity contribution >= 4 is 22.7 Å². The number of aromatic nitrogens is 3. The van der Waals surface area contributed by atoms with E-state index in [0.29, 0.717) is 27.6 Å². The molecule has 0 amide bonds. The van der Waals surface area contributed by atoms with E-state index in [1.807, 2.05) is 37.3 Å². The van der Waals surface area contributed by atoms with Gasteiger partial charge in [-0.2, -0.15) is 0 Å². The van der Waals surface area contributed by atoms with E-state index in [1.54, 1.807) is 23.8 Å². The zero-order chi connectivity index (χ0) is 16.2. The minimum absolute atomic E-state index is 0.111. The summed E-state index contributed by atoms with van der Waals surface area (Å²) in [5.74, 6) is 7.01. The van der Waals surface area contributed by atoms with Gasteiger partial charge in [-0.05, 0) is 43.7 Å². The van der Waals surface area contributed by atoms with Crippen LogP contribution in [-0.4, -0.2) is 20.3 Å². The number of aryl methyl sites for hydroxylation is 1. The van der Waals surface area contributed by atoms with E-state index in [0.717, 1.165) is 5.56 Å². The predicted molar refractivity (Wildman–Crippen MR) is 94.0 cm³/mol. The number of hydrogen-bond acceptors (Lipinski definition) is 4. The molecule has 23 heavy (non-hydrogen) atoms. The molecule has 0 unspecified atom stereocenters. The van der Waals surface area contributed by atoms with E-state index in [4.69, 9.17) is 0 Å². The molecular formula is C18H15N3OS. The van der Waals surface area contributed by atoms with Gasteiger partial charge < -0.3 is 0 Å². The number of fused-ring (bicyclic) bond motifs is 1. The minimum atomic E-state index is -0.111. The molecule has 0 N–H and O–H groups in total. The molecule has 2 heterocycles. The third-order valence-corrected chi connectivity index (χ3v) is 4.15. The highest BCUT2D eigenvalue weighted by atomic mass is 32.2. The van der Waals surface area contributed by atoms with Crippen molar-refractivity contribution in [3.63, 3.8) is 0 Å². The van der Waals surface area contributed by atoms with E-state index in [1.165, 1.54) is 11.8 Å². The maximum absolute atomic E-state index is 12.9. The molecule has 1 aromatic carbocycles. The molecule has 0 aliphatic heterocycles. The first-order valence-corrected chi connectivity index (χ1v) is 8.16. The molecule has 5 heteroatoms. The summed E-state index contributed by atoms with van der Waals surface area (Å²) in [6.45, 7) is 3.77. The number of thioether (sulfide) groups is 1. The molecule has 0 saturated carbocycles. The van der Waals surface area contributed by atoms with Gasteiger partial charge in [0, 0.05) is 6.20 Å². The molecule has 3 aromatic rings. The fourth-order valence-electron chi connectivity index (χ4n) is 2.23. The van der Waals surface area contributed by atoms with Gasteiger partial charge in [0.25, 0.3) is 5.56 Å². The van der Waals surface area contributed by atoms with E-state index in [-0.39, 0.29) is 5.56 Å². The second-order valence-corrected chi connectivity index (χ2v) is 5.90. The minimum Gasteiger partial charge on any atom is -0.268 e. The first-order chi connectivity index (χ1) is 11.2. The maximum atomic E-state index is 12.9. The summed E-state index contributed by atoms with van der Waals surface area (Å²) in [5, 5.41) is 1.19. The van der Waals surface area contributed by atoms with Gasteiger partial charge >= 0.3 is 0 Å². The van der Waals surface area contributed by atoms with Gasteiger partial charge in [0.1, 0.15) is 5.82 Å². The summed E-state index contributed by atoms with van der Waals surface area (Å²) in [6, 6.07) is 11.1. The Bertz CT molecular complexity index is 983. The molecule has 0 radical (unpaired) electrons. The smallest absolute Gasteiger partial charge is 0.267 e. The van der Waals surface area contributed by atoms with Crippen LogP contribution in [0.5, 0.6) is 0 Å². The molecular weight excluding hydrogens is 306 g/mol. The fraction of sp³-hybridized carbons (Fsp3) is 0.167. The number of nitrogens with zero attached hydrogens (tertiary/aromatic N) is 3. The van der Waals surface area contributed by atoms with Crippen LogP contribution in [0.15, 0.2) is 52.5 Å². The van der Waals surface area contributed by atoms with Gasteiger partial charge in [0.15, 0.2) is 5.16 Å². The van der Waals surface area contributed by atoms with E-state index >= 15 is 0 Å². The van der Waals surface area contributed by atoms with Crippen LogP contribution in [0.25, 0.3) is 16.7 Å². The van der Waals surface area contributed by atoms with Gasteiger partial charge in [0.05, 0.1) is 16.7 Å². The van der Waals surface area contributed by atoms with Crippen molar-refractivity contribution < 1.29 is 0 Å². The van der Waals surface area contributed by atoms with Gasteiger partial charge in [-0.3, -0.25) is 4.79 Å². The van der Waals surface area contributed by atoms with Crippen molar-refractivity contribution in [2.45, 2.75) is 19.0 Å². The number of hydrogen-bond donors (Lipinski definition) is 0. The van der Waals surface area contributed by atoms with Crippen LogP contribution < -0.4 is 5.56 Å². The Labute approximate surface area is 138 Å². The molecule has 0 fully saturated rings. The van der Waals surface area contributed by atoms with Gasteiger partial charge in [0.2, 0.25) is 0 Å². The topological polar surface area (TPSA) is 47.8 Å². The fourth-order valence-corrected chi connectivity index (χ4v) is 3.04.